The van der Waals surface area contributed by atoms with Gasteiger partial charge in [0, 0.05) is 23.1 Å². The summed E-state index contributed by atoms with van der Waals surface area (Å²) in [5.41, 5.74) is 0.809. The van der Waals surface area contributed by atoms with Gasteiger partial charge in [0.2, 0.25) is 10.0 Å². The van der Waals surface area contributed by atoms with Crippen molar-refractivity contribution >= 4 is 26.0 Å². The molecule has 0 aliphatic carbocycles. The number of benzene rings is 1. The first-order valence-electron chi connectivity index (χ1n) is 7.51. The van der Waals surface area contributed by atoms with Gasteiger partial charge in [-0.1, -0.05) is 22.0 Å². The van der Waals surface area contributed by atoms with E-state index < -0.39 is 10.0 Å². The Labute approximate surface area is 135 Å². The van der Waals surface area contributed by atoms with E-state index in [1.54, 1.807) is 10.4 Å². The van der Waals surface area contributed by atoms with Gasteiger partial charge in [-0.15, -0.1) is 0 Å². The fraction of sp³-hybridized carbons (Fsp3) is 0.600. The Hall–Kier alpha value is -0.430. The molecular formula is C15H21BrN2O2S. The number of hydrogen-bond donors (Lipinski definition) is 1. The van der Waals surface area contributed by atoms with Crippen LogP contribution in [0.3, 0.4) is 0 Å². The van der Waals surface area contributed by atoms with Gasteiger partial charge >= 0.3 is 0 Å². The normalized spacial score (nSPS) is 27.3. The van der Waals surface area contributed by atoms with E-state index in [4.69, 9.17) is 0 Å². The van der Waals surface area contributed by atoms with E-state index in [0.29, 0.717) is 17.5 Å². The summed E-state index contributed by atoms with van der Waals surface area (Å²) < 4.78 is 28.6. The van der Waals surface area contributed by atoms with E-state index in [9.17, 15) is 8.42 Å². The van der Waals surface area contributed by atoms with E-state index in [0.717, 1.165) is 42.3 Å². The lowest BCUT2D eigenvalue weighted by atomic mass is 10.1. The smallest absolute Gasteiger partial charge is 0.243 e. The zero-order valence-electron chi connectivity index (χ0n) is 12.2. The molecule has 2 saturated heterocycles. The molecule has 2 aliphatic rings. The summed E-state index contributed by atoms with van der Waals surface area (Å²) in [7, 11) is -3.42. The fourth-order valence-electron chi connectivity index (χ4n) is 3.48. The quantitative estimate of drug-likeness (QED) is 0.886. The van der Waals surface area contributed by atoms with Crippen LogP contribution >= 0.6 is 15.9 Å². The monoisotopic (exact) mass is 372 g/mol. The number of sulfonamides is 1. The highest BCUT2D eigenvalue weighted by Crippen LogP contribution is 2.32. The predicted molar refractivity (Wildman–Crippen MR) is 86.8 cm³/mol. The summed E-state index contributed by atoms with van der Waals surface area (Å²) >= 11 is 3.38. The third kappa shape index (κ3) is 2.91. The molecule has 0 saturated carbocycles. The van der Waals surface area contributed by atoms with Crippen molar-refractivity contribution in [2.75, 3.05) is 13.1 Å². The van der Waals surface area contributed by atoms with Gasteiger partial charge in [-0.2, -0.15) is 4.31 Å². The van der Waals surface area contributed by atoms with E-state index in [1.165, 1.54) is 0 Å². The van der Waals surface area contributed by atoms with Crippen molar-refractivity contribution in [1.82, 2.24) is 9.62 Å². The Kier molecular flexibility index (Phi) is 4.41. The minimum Gasteiger partial charge on any atom is -0.312 e. The SMILES string of the molecule is Cc1ccc(Br)cc1S(=O)(=O)N1CCCC1C1CCCN1. The van der Waals surface area contributed by atoms with Gasteiger partial charge in [0.1, 0.15) is 0 Å². The fourth-order valence-corrected chi connectivity index (χ4v) is 5.98. The maximum atomic E-state index is 13.1. The molecule has 0 amide bonds. The van der Waals surface area contributed by atoms with E-state index in [-0.39, 0.29) is 6.04 Å². The van der Waals surface area contributed by atoms with Crippen molar-refractivity contribution in [3.05, 3.63) is 28.2 Å². The van der Waals surface area contributed by atoms with Crippen LogP contribution in [0, 0.1) is 6.92 Å². The third-order valence-electron chi connectivity index (χ3n) is 4.55. The zero-order chi connectivity index (χ0) is 15.0. The second-order valence-corrected chi connectivity index (χ2v) is 8.71. The molecule has 0 aromatic heterocycles. The Morgan fingerprint density at radius 1 is 1.29 bits per heavy atom. The lowest BCUT2D eigenvalue weighted by Crippen LogP contribution is -2.46. The molecule has 0 spiro atoms. The van der Waals surface area contributed by atoms with E-state index >= 15 is 0 Å². The molecule has 2 aliphatic heterocycles. The highest BCUT2D eigenvalue weighted by molar-refractivity contribution is 9.10. The van der Waals surface area contributed by atoms with Gasteiger partial charge in [-0.3, -0.25) is 0 Å². The number of aryl methyl sites for hydroxylation is 1. The number of rotatable bonds is 3. The number of hydrogen-bond acceptors (Lipinski definition) is 3. The highest BCUT2D eigenvalue weighted by Gasteiger charge is 2.40. The average molecular weight is 373 g/mol. The third-order valence-corrected chi connectivity index (χ3v) is 7.11. The standard InChI is InChI=1S/C15H21BrN2O2S/c1-11-6-7-12(16)10-15(11)21(19,20)18-9-3-5-14(18)13-4-2-8-17-13/h6-7,10,13-14,17H,2-5,8-9H2,1H3. The maximum absolute atomic E-state index is 13.1. The van der Waals surface area contributed by atoms with Crippen molar-refractivity contribution in [3.8, 4) is 0 Å². The molecule has 3 rings (SSSR count). The van der Waals surface area contributed by atoms with Crippen LogP contribution in [0.1, 0.15) is 31.2 Å². The molecule has 1 aromatic carbocycles. The first-order valence-corrected chi connectivity index (χ1v) is 9.75. The van der Waals surface area contributed by atoms with E-state index in [2.05, 4.69) is 21.2 Å². The molecule has 1 aromatic rings. The molecule has 6 heteroatoms. The molecule has 4 nitrogen and oxygen atoms in total. The van der Waals surface area contributed by atoms with Gasteiger partial charge in [-0.25, -0.2) is 8.42 Å². The summed E-state index contributed by atoms with van der Waals surface area (Å²) in [6.45, 7) is 3.50. The summed E-state index contributed by atoms with van der Waals surface area (Å²) in [4.78, 5) is 0.432. The number of nitrogens with zero attached hydrogens (tertiary/aromatic N) is 1. The Balaban J connectivity index is 1.95. The predicted octanol–water partition coefficient (Wildman–Crippen LogP) is 2.66. The maximum Gasteiger partial charge on any atom is 0.243 e. The van der Waals surface area contributed by atoms with Crippen LogP contribution in [0.15, 0.2) is 27.6 Å². The molecule has 21 heavy (non-hydrogen) atoms. The Morgan fingerprint density at radius 3 is 2.81 bits per heavy atom. The van der Waals surface area contributed by atoms with Crippen molar-refractivity contribution < 1.29 is 8.42 Å². The summed E-state index contributed by atoms with van der Waals surface area (Å²) in [5.74, 6) is 0. The average Bonchev–Trinajstić information content (AvgIpc) is 3.10. The van der Waals surface area contributed by atoms with Gasteiger partial charge in [0.25, 0.3) is 0 Å². The summed E-state index contributed by atoms with van der Waals surface area (Å²) in [6.07, 6.45) is 4.14. The van der Waals surface area contributed by atoms with Crippen LogP contribution < -0.4 is 5.32 Å². The van der Waals surface area contributed by atoms with Crippen molar-refractivity contribution in [3.63, 3.8) is 0 Å². The summed E-state index contributed by atoms with van der Waals surface area (Å²) in [5, 5.41) is 3.46. The molecule has 116 valence electrons. The number of halogens is 1. The van der Waals surface area contributed by atoms with Crippen molar-refractivity contribution in [1.29, 1.82) is 0 Å². The van der Waals surface area contributed by atoms with E-state index in [1.807, 2.05) is 19.1 Å². The molecule has 2 heterocycles. The molecule has 2 fully saturated rings. The molecule has 1 N–H and O–H groups in total. The second kappa shape index (κ2) is 5.99. The zero-order valence-corrected chi connectivity index (χ0v) is 14.6. The first kappa shape index (κ1) is 15.5. The molecule has 2 unspecified atom stereocenters. The molecular weight excluding hydrogens is 352 g/mol. The molecule has 0 radical (unpaired) electrons. The topological polar surface area (TPSA) is 49.4 Å². The van der Waals surface area contributed by atoms with Gasteiger partial charge in [0.05, 0.1) is 4.90 Å². The number of nitrogens with one attached hydrogen (secondary N) is 1. The lowest BCUT2D eigenvalue weighted by molar-refractivity contribution is 0.322. The van der Waals surface area contributed by atoms with Crippen LogP contribution in [0.2, 0.25) is 0 Å². The summed E-state index contributed by atoms with van der Waals surface area (Å²) in [6, 6.07) is 5.89. The van der Waals surface area contributed by atoms with Crippen LogP contribution in [-0.2, 0) is 10.0 Å². The largest absolute Gasteiger partial charge is 0.312 e. The van der Waals surface area contributed by atoms with Crippen molar-refractivity contribution in [2.24, 2.45) is 0 Å². The van der Waals surface area contributed by atoms with Crippen LogP contribution in [-0.4, -0.2) is 37.9 Å². The molecule has 2 atom stereocenters. The van der Waals surface area contributed by atoms with Crippen LogP contribution in [0.25, 0.3) is 0 Å². The highest BCUT2D eigenvalue weighted by atomic mass is 79.9. The minimum absolute atomic E-state index is 0.107. The van der Waals surface area contributed by atoms with Crippen LogP contribution in [0.5, 0.6) is 0 Å². The van der Waals surface area contributed by atoms with Crippen molar-refractivity contribution in [2.45, 2.75) is 49.6 Å². The Bertz CT molecular complexity index is 627. The van der Waals surface area contributed by atoms with Gasteiger partial charge < -0.3 is 5.32 Å². The minimum atomic E-state index is -3.42. The Morgan fingerprint density at radius 2 is 2.10 bits per heavy atom. The lowest BCUT2D eigenvalue weighted by Gasteiger charge is -2.29. The molecule has 0 bridgehead atoms. The van der Waals surface area contributed by atoms with Crippen LogP contribution in [0.4, 0.5) is 0 Å². The van der Waals surface area contributed by atoms with Gasteiger partial charge in [0.15, 0.2) is 0 Å². The second-order valence-electron chi connectivity index (χ2n) is 5.94. The first-order chi connectivity index (χ1) is 10.00. The van der Waals surface area contributed by atoms with Gasteiger partial charge in [-0.05, 0) is 56.8 Å².